The molecule has 1 fully saturated rings. The number of aliphatic carboxylic acids is 1. The average Bonchev–Trinajstić information content (AvgIpc) is 3.44. The lowest BCUT2D eigenvalue weighted by Crippen LogP contribution is -2.32. The smallest absolute Gasteiger partial charge is 0.303 e. The molecule has 0 radical (unpaired) electrons. The van der Waals surface area contributed by atoms with Gasteiger partial charge in [0, 0.05) is 36.7 Å². The van der Waals surface area contributed by atoms with E-state index >= 15 is 0 Å². The van der Waals surface area contributed by atoms with Crippen LogP contribution in [0.15, 0.2) is 54.6 Å². The topological polar surface area (TPSA) is 86.7 Å². The van der Waals surface area contributed by atoms with Crippen molar-refractivity contribution in [1.29, 1.82) is 0 Å². The molecule has 0 aliphatic heterocycles. The summed E-state index contributed by atoms with van der Waals surface area (Å²) in [7, 11) is 0. The van der Waals surface area contributed by atoms with Gasteiger partial charge in [0.05, 0.1) is 0 Å². The Hall–Kier alpha value is -3.15. The first-order valence-electron chi connectivity index (χ1n) is 9.90. The quantitative estimate of drug-likeness (QED) is 0.677. The standard InChI is InChI=1S/C23H26N2O4/c1-16-13-20(16)22(28)24-19-10-5-9-18(14-19)23(29)25(12-6-11-21(26)27)15-17-7-3-2-4-8-17/h2-5,7-10,14,16,20H,6,11-13,15H2,1H3,(H,24,28)(H,26,27). The molecule has 6 heteroatoms. The number of nitrogens with one attached hydrogen (secondary N) is 1. The van der Waals surface area contributed by atoms with Gasteiger partial charge in [0.2, 0.25) is 5.91 Å². The molecule has 3 rings (SSSR count). The van der Waals surface area contributed by atoms with Crippen molar-refractivity contribution in [3.63, 3.8) is 0 Å². The summed E-state index contributed by atoms with van der Waals surface area (Å²) in [5.41, 5.74) is 2.05. The predicted octanol–water partition coefficient (Wildman–Crippen LogP) is 3.79. The van der Waals surface area contributed by atoms with E-state index in [0.717, 1.165) is 12.0 Å². The number of carboxylic acids is 1. The molecule has 2 unspecified atom stereocenters. The van der Waals surface area contributed by atoms with Crippen LogP contribution in [0, 0.1) is 11.8 Å². The van der Waals surface area contributed by atoms with Crippen LogP contribution >= 0.6 is 0 Å². The predicted molar refractivity (Wildman–Crippen MR) is 110 cm³/mol. The van der Waals surface area contributed by atoms with Crippen LogP contribution in [-0.2, 0) is 16.1 Å². The number of carbonyl (C=O) groups is 3. The molecule has 2 amide bonds. The van der Waals surface area contributed by atoms with Crippen LogP contribution < -0.4 is 5.32 Å². The van der Waals surface area contributed by atoms with Gasteiger partial charge in [0.25, 0.3) is 5.91 Å². The van der Waals surface area contributed by atoms with Gasteiger partial charge in [-0.05, 0) is 42.5 Å². The Morgan fingerprint density at radius 3 is 2.48 bits per heavy atom. The van der Waals surface area contributed by atoms with Crippen LogP contribution in [0.3, 0.4) is 0 Å². The summed E-state index contributed by atoms with van der Waals surface area (Å²) < 4.78 is 0. The van der Waals surface area contributed by atoms with Crippen molar-refractivity contribution >= 4 is 23.5 Å². The van der Waals surface area contributed by atoms with Crippen LogP contribution in [0.5, 0.6) is 0 Å². The van der Waals surface area contributed by atoms with Gasteiger partial charge in [-0.25, -0.2) is 0 Å². The molecule has 1 aliphatic rings. The molecule has 29 heavy (non-hydrogen) atoms. The van der Waals surface area contributed by atoms with E-state index in [0.29, 0.717) is 36.7 Å². The molecule has 0 saturated heterocycles. The summed E-state index contributed by atoms with van der Waals surface area (Å²) in [6.07, 6.45) is 1.29. The van der Waals surface area contributed by atoms with E-state index in [1.54, 1.807) is 29.2 Å². The molecule has 0 spiro atoms. The number of hydrogen-bond acceptors (Lipinski definition) is 3. The summed E-state index contributed by atoms with van der Waals surface area (Å²) in [6, 6.07) is 16.5. The lowest BCUT2D eigenvalue weighted by atomic mass is 10.1. The van der Waals surface area contributed by atoms with Crippen LogP contribution in [0.25, 0.3) is 0 Å². The van der Waals surface area contributed by atoms with Crippen LogP contribution in [0.4, 0.5) is 5.69 Å². The first-order chi connectivity index (χ1) is 13.9. The second-order valence-electron chi connectivity index (χ2n) is 7.60. The van der Waals surface area contributed by atoms with Crippen LogP contribution in [0.2, 0.25) is 0 Å². The number of benzene rings is 2. The van der Waals surface area contributed by atoms with Gasteiger partial charge >= 0.3 is 5.97 Å². The Morgan fingerprint density at radius 2 is 1.83 bits per heavy atom. The molecule has 1 saturated carbocycles. The summed E-state index contributed by atoms with van der Waals surface area (Å²) in [5.74, 6) is -0.605. The van der Waals surface area contributed by atoms with Crippen molar-refractivity contribution in [3.8, 4) is 0 Å². The SMILES string of the molecule is CC1CC1C(=O)Nc1cccc(C(=O)N(CCCC(=O)O)Cc2ccccc2)c1. The molecule has 0 aromatic heterocycles. The molecule has 2 aromatic rings. The molecule has 1 aliphatic carbocycles. The van der Waals surface area contributed by atoms with Crippen LogP contribution in [-0.4, -0.2) is 34.3 Å². The molecule has 2 atom stereocenters. The highest BCUT2D eigenvalue weighted by atomic mass is 16.4. The Labute approximate surface area is 170 Å². The van der Waals surface area contributed by atoms with E-state index in [-0.39, 0.29) is 24.2 Å². The fourth-order valence-electron chi connectivity index (χ4n) is 3.31. The van der Waals surface area contributed by atoms with Crippen molar-refractivity contribution < 1.29 is 19.5 Å². The van der Waals surface area contributed by atoms with Gasteiger partial charge in [0.15, 0.2) is 0 Å². The van der Waals surface area contributed by atoms with Gasteiger partial charge in [-0.2, -0.15) is 0 Å². The van der Waals surface area contributed by atoms with Gasteiger partial charge in [0.1, 0.15) is 0 Å². The number of carbonyl (C=O) groups excluding carboxylic acids is 2. The number of anilines is 1. The number of nitrogens with zero attached hydrogens (tertiary/aromatic N) is 1. The average molecular weight is 394 g/mol. The van der Waals surface area contributed by atoms with E-state index in [1.165, 1.54) is 0 Å². The fourth-order valence-corrected chi connectivity index (χ4v) is 3.31. The zero-order valence-corrected chi connectivity index (χ0v) is 16.5. The fraction of sp³-hybridized carbons (Fsp3) is 0.348. The Bertz CT molecular complexity index is 881. The molecular weight excluding hydrogens is 368 g/mol. The number of carboxylic acid groups (broad SMARTS) is 1. The number of amides is 2. The Kier molecular flexibility index (Phi) is 6.65. The van der Waals surface area contributed by atoms with Crippen molar-refractivity contribution in [1.82, 2.24) is 4.90 Å². The van der Waals surface area contributed by atoms with E-state index < -0.39 is 5.97 Å². The highest BCUT2D eigenvalue weighted by Gasteiger charge is 2.39. The van der Waals surface area contributed by atoms with Gasteiger partial charge in [-0.3, -0.25) is 14.4 Å². The third kappa shape index (κ3) is 5.91. The Morgan fingerprint density at radius 1 is 1.10 bits per heavy atom. The maximum atomic E-state index is 13.1. The first kappa shape index (κ1) is 20.6. The van der Waals surface area contributed by atoms with Crippen molar-refractivity contribution in [2.75, 3.05) is 11.9 Å². The minimum atomic E-state index is -0.879. The van der Waals surface area contributed by atoms with Gasteiger partial charge < -0.3 is 15.3 Å². The van der Waals surface area contributed by atoms with Crippen LogP contribution in [0.1, 0.15) is 42.1 Å². The van der Waals surface area contributed by atoms with Gasteiger partial charge in [-0.1, -0.05) is 43.3 Å². The lowest BCUT2D eigenvalue weighted by molar-refractivity contribution is -0.137. The van der Waals surface area contributed by atoms with Gasteiger partial charge in [-0.15, -0.1) is 0 Å². The van der Waals surface area contributed by atoms with E-state index in [2.05, 4.69) is 5.32 Å². The van der Waals surface area contributed by atoms with E-state index in [9.17, 15) is 14.4 Å². The van der Waals surface area contributed by atoms with Crippen molar-refractivity contribution in [2.24, 2.45) is 11.8 Å². The second-order valence-corrected chi connectivity index (χ2v) is 7.60. The maximum Gasteiger partial charge on any atom is 0.303 e. The number of rotatable bonds is 9. The highest BCUT2D eigenvalue weighted by Crippen LogP contribution is 2.38. The summed E-state index contributed by atoms with van der Waals surface area (Å²) in [4.78, 5) is 37.8. The molecule has 152 valence electrons. The molecule has 0 bridgehead atoms. The first-order valence-corrected chi connectivity index (χ1v) is 9.90. The zero-order chi connectivity index (χ0) is 20.8. The molecular formula is C23H26N2O4. The Balaban J connectivity index is 1.72. The maximum absolute atomic E-state index is 13.1. The monoisotopic (exact) mass is 394 g/mol. The molecule has 2 aromatic carbocycles. The minimum Gasteiger partial charge on any atom is -0.481 e. The molecule has 6 nitrogen and oxygen atoms in total. The highest BCUT2D eigenvalue weighted by molar-refractivity contribution is 5.98. The summed E-state index contributed by atoms with van der Waals surface area (Å²) >= 11 is 0. The zero-order valence-electron chi connectivity index (χ0n) is 16.5. The van der Waals surface area contributed by atoms with E-state index in [1.807, 2.05) is 37.3 Å². The molecule has 2 N–H and O–H groups in total. The van der Waals surface area contributed by atoms with Crippen molar-refractivity contribution in [2.45, 2.75) is 32.7 Å². The largest absolute Gasteiger partial charge is 0.481 e. The number of hydrogen-bond donors (Lipinski definition) is 2. The normalized spacial score (nSPS) is 17.4. The lowest BCUT2D eigenvalue weighted by Gasteiger charge is -2.23. The van der Waals surface area contributed by atoms with Crippen molar-refractivity contribution in [3.05, 3.63) is 65.7 Å². The third-order valence-corrected chi connectivity index (χ3v) is 5.15. The molecule has 0 heterocycles. The minimum absolute atomic E-state index is 0.00817. The third-order valence-electron chi connectivity index (χ3n) is 5.15. The summed E-state index contributed by atoms with van der Waals surface area (Å²) in [5, 5.41) is 11.8. The van der Waals surface area contributed by atoms with E-state index in [4.69, 9.17) is 5.11 Å². The second kappa shape index (κ2) is 9.37. The summed E-state index contributed by atoms with van der Waals surface area (Å²) in [6.45, 7) is 2.79.